The van der Waals surface area contributed by atoms with Gasteiger partial charge in [0.25, 0.3) is 5.89 Å². The van der Waals surface area contributed by atoms with Crippen molar-refractivity contribution in [3.8, 4) is 10.8 Å². The van der Waals surface area contributed by atoms with Gasteiger partial charge in [0.15, 0.2) is 0 Å². The normalized spacial score (nSPS) is 16.2. The number of carbonyl (C=O) groups excluding carboxylic acids is 1. The number of hydrogen-bond acceptors (Lipinski definition) is 5. The molecule has 140 valence electrons. The van der Waals surface area contributed by atoms with Crippen molar-refractivity contribution in [1.29, 1.82) is 0 Å². The highest BCUT2D eigenvalue weighted by atomic mass is 32.1. The van der Waals surface area contributed by atoms with Crippen molar-refractivity contribution >= 4 is 17.2 Å². The van der Waals surface area contributed by atoms with Crippen molar-refractivity contribution in [2.75, 3.05) is 0 Å². The first kappa shape index (κ1) is 17.9. The number of nitrogens with one attached hydrogen (secondary N) is 1. The average Bonchev–Trinajstić information content (AvgIpc) is 3.36. The zero-order valence-corrected chi connectivity index (χ0v) is 16.2. The zero-order valence-electron chi connectivity index (χ0n) is 15.4. The van der Waals surface area contributed by atoms with Crippen molar-refractivity contribution in [3.63, 3.8) is 0 Å². The molecule has 0 aliphatic heterocycles. The predicted molar refractivity (Wildman–Crippen MR) is 105 cm³/mol. The second kappa shape index (κ2) is 7.64. The summed E-state index contributed by atoms with van der Waals surface area (Å²) in [5, 5.41) is 11.2. The number of hydrogen-bond donors (Lipinski definition) is 1. The summed E-state index contributed by atoms with van der Waals surface area (Å²) in [5.41, 5.74) is 0.648. The molecule has 1 saturated carbocycles. The van der Waals surface area contributed by atoms with Gasteiger partial charge in [0, 0.05) is 4.88 Å². The molecular weight excluding hydrogens is 358 g/mol. The number of thiophene rings is 1. The van der Waals surface area contributed by atoms with Crippen LogP contribution < -0.4 is 5.32 Å². The summed E-state index contributed by atoms with van der Waals surface area (Å²) in [7, 11) is 0. The monoisotopic (exact) mass is 381 g/mol. The first-order valence-corrected chi connectivity index (χ1v) is 10.2. The predicted octanol–water partition coefficient (Wildman–Crippen LogP) is 4.62. The quantitative estimate of drug-likeness (QED) is 0.700. The smallest absolute Gasteiger partial charge is 0.257 e. The topological polar surface area (TPSA) is 68.0 Å². The molecule has 0 unspecified atom stereocenters. The SMILES string of the molecule is Cc1ccc(-c2nnc(CNC(=O)C3(c4ccccc4)CCCCC3)o2)s1. The van der Waals surface area contributed by atoms with Crippen molar-refractivity contribution in [1.82, 2.24) is 15.5 Å². The molecular formula is C21H23N3O2S. The third kappa shape index (κ3) is 3.67. The van der Waals surface area contributed by atoms with Crippen molar-refractivity contribution < 1.29 is 9.21 Å². The first-order chi connectivity index (χ1) is 13.2. The lowest BCUT2D eigenvalue weighted by Gasteiger charge is -2.36. The molecule has 1 N–H and O–H groups in total. The fourth-order valence-corrected chi connectivity index (χ4v) is 4.65. The Morgan fingerprint density at radius 3 is 2.59 bits per heavy atom. The maximum Gasteiger partial charge on any atom is 0.257 e. The number of aryl methyl sites for hydroxylation is 1. The van der Waals surface area contributed by atoms with E-state index in [9.17, 15) is 4.79 Å². The van der Waals surface area contributed by atoms with Gasteiger partial charge in [-0.2, -0.15) is 0 Å². The standard InChI is InChI=1S/C21H23N3O2S/c1-15-10-11-17(27-15)19-24-23-18(26-19)14-22-20(25)21(12-6-3-7-13-21)16-8-4-2-5-9-16/h2,4-5,8-11H,3,6-7,12-14H2,1H3,(H,22,25). The Morgan fingerprint density at radius 2 is 1.89 bits per heavy atom. The average molecular weight is 382 g/mol. The zero-order chi connectivity index (χ0) is 18.7. The molecule has 0 spiro atoms. The van der Waals surface area contributed by atoms with Crippen LogP contribution in [0.3, 0.4) is 0 Å². The molecule has 0 saturated heterocycles. The molecule has 5 nitrogen and oxygen atoms in total. The minimum absolute atomic E-state index is 0.0557. The van der Waals surface area contributed by atoms with E-state index in [2.05, 4.69) is 27.6 Å². The Bertz CT molecular complexity index is 910. The number of rotatable bonds is 5. The summed E-state index contributed by atoms with van der Waals surface area (Å²) in [6.07, 6.45) is 5.10. The van der Waals surface area contributed by atoms with Crippen LogP contribution in [0.5, 0.6) is 0 Å². The summed E-state index contributed by atoms with van der Waals surface area (Å²) < 4.78 is 5.73. The minimum Gasteiger partial charge on any atom is -0.418 e. The third-order valence-corrected chi connectivity index (χ3v) is 6.27. The van der Waals surface area contributed by atoms with Crippen LogP contribution in [0, 0.1) is 6.92 Å². The van der Waals surface area contributed by atoms with E-state index in [4.69, 9.17) is 4.42 Å². The molecule has 3 aromatic rings. The fraction of sp³-hybridized carbons (Fsp3) is 0.381. The van der Waals surface area contributed by atoms with Gasteiger partial charge in [0.05, 0.1) is 16.8 Å². The van der Waals surface area contributed by atoms with Gasteiger partial charge in [-0.05, 0) is 37.5 Å². The van der Waals surface area contributed by atoms with Crippen LogP contribution in [0.15, 0.2) is 46.9 Å². The van der Waals surface area contributed by atoms with Crippen LogP contribution in [0.4, 0.5) is 0 Å². The van der Waals surface area contributed by atoms with Gasteiger partial charge >= 0.3 is 0 Å². The highest BCUT2D eigenvalue weighted by Crippen LogP contribution is 2.39. The van der Waals surface area contributed by atoms with E-state index in [1.807, 2.05) is 37.3 Å². The molecule has 27 heavy (non-hydrogen) atoms. The van der Waals surface area contributed by atoms with Crippen LogP contribution in [0.2, 0.25) is 0 Å². The highest BCUT2D eigenvalue weighted by molar-refractivity contribution is 7.15. The van der Waals surface area contributed by atoms with Crippen LogP contribution in [-0.2, 0) is 16.8 Å². The van der Waals surface area contributed by atoms with Gasteiger partial charge in [-0.3, -0.25) is 4.79 Å². The maximum absolute atomic E-state index is 13.2. The largest absolute Gasteiger partial charge is 0.418 e. The lowest BCUT2D eigenvalue weighted by molar-refractivity contribution is -0.128. The molecule has 1 amide bonds. The van der Waals surface area contributed by atoms with Crippen LogP contribution in [0.25, 0.3) is 10.8 Å². The molecule has 1 aliphatic rings. The fourth-order valence-electron chi connectivity index (χ4n) is 3.86. The number of nitrogens with zero attached hydrogens (tertiary/aromatic N) is 2. The Morgan fingerprint density at radius 1 is 1.11 bits per heavy atom. The number of benzene rings is 1. The van der Waals surface area contributed by atoms with Crippen molar-refractivity contribution in [3.05, 3.63) is 58.8 Å². The van der Waals surface area contributed by atoms with E-state index in [0.717, 1.165) is 36.1 Å². The second-order valence-corrected chi connectivity index (χ2v) is 8.39. The summed E-state index contributed by atoms with van der Waals surface area (Å²) in [4.78, 5) is 15.3. The lowest BCUT2D eigenvalue weighted by Crippen LogP contribution is -2.45. The summed E-state index contributed by atoms with van der Waals surface area (Å²) in [6, 6.07) is 14.1. The Kier molecular flexibility index (Phi) is 5.07. The maximum atomic E-state index is 13.2. The van der Waals surface area contributed by atoms with E-state index < -0.39 is 5.41 Å². The molecule has 2 heterocycles. The van der Waals surface area contributed by atoms with E-state index >= 15 is 0 Å². The van der Waals surface area contributed by atoms with E-state index in [1.165, 1.54) is 11.3 Å². The summed E-state index contributed by atoms with van der Waals surface area (Å²) in [5.74, 6) is 0.997. The summed E-state index contributed by atoms with van der Waals surface area (Å²) >= 11 is 1.61. The van der Waals surface area contributed by atoms with Gasteiger partial charge in [0.2, 0.25) is 11.8 Å². The van der Waals surface area contributed by atoms with Crippen LogP contribution in [-0.4, -0.2) is 16.1 Å². The lowest BCUT2D eigenvalue weighted by atomic mass is 9.68. The summed E-state index contributed by atoms with van der Waals surface area (Å²) in [6.45, 7) is 2.30. The van der Waals surface area contributed by atoms with Gasteiger partial charge < -0.3 is 9.73 Å². The molecule has 4 rings (SSSR count). The van der Waals surface area contributed by atoms with Crippen LogP contribution >= 0.6 is 11.3 Å². The Labute approximate surface area is 162 Å². The molecule has 1 aromatic carbocycles. The van der Waals surface area contributed by atoms with Crippen LogP contribution in [0.1, 0.15) is 48.4 Å². The van der Waals surface area contributed by atoms with Gasteiger partial charge in [0.1, 0.15) is 0 Å². The highest BCUT2D eigenvalue weighted by Gasteiger charge is 2.40. The Balaban J connectivity index is 1.48. The van der Waals surface area contributed by atoms with E-state index in [-0.39, 0.29) is 12.5 Å². The second-order valence-electron chi connectivity index (χ2n) is 7.10. The van der Waals surface area contributed by atoms with Gasteiger partial charge in [-0.1, -0.05) is 49.6 Å². The van der Waals surface area contributed by atoms with E-state index in [1.54, 1.807) is 11.3 Å². The molecule has 1 aliphatic carbocycles. The number of aromatic nitrogens is 2. The Hall–Kier alpha value is -2.47. The molecule has 0 bridgehead atoms. The van der Waals surface area contributed by atoms with Crippen molar-refractivity contribution in [2.24, 2.45) is 0 Å². The molecule has 0 atom stereocenters. The third-order valence-electron chi connectivity index (χ3n) is 5.29. The molecule has 0 radical (unpaired) electrons. The molecule has 2 aromatic heterocycles. The molecule has 6 heteroatoms. The van der Waals surface area contributed by atoms with Gasteiger partial charge in [-0.25, -0.2) is 0 Å². The minimum atomic E-state index is -0.451. The number of carbonyl (C=O) groups is 1. The molecule has 1 fully saturated rings. The van der Waals surface area contributed by atoms with Crippen molar-refractivity contribution in [2.45, 2.75) is 51.0 Å². The number of amides is 1. The van der Waals surface area contributed by atoms with Gasteiger partial charge in [-0.15, -0.1) is 21.5 Å². The first-order valence-electron chi connectivity index (χ1n) is 9.40. The van der Waals surface area contributed by atoms with E-state index in [0.29, 0.717) is 11.8 Å².